The average molecular weight is 946 g/mol. The number of benzene rings is 2. The summed E-state index contributed by atoms with van der Waals surface area (Å²) in [5.74, 6) is -4.87. The second kappa shape index (κ2) is 19.2. The van der Waals surface area contributed by atoms with Crippen molar-refractivity contribution in [2.75, 3.05) is 5.32 Å². The van der Waals surface area contributed by atoms with Crippen LogP contribution in [0.2, 0.25) is 0 Å². The molecule has 0 saturated carbocycles. The smallest absolute Gasteiger partial charge is 0.410 e. The van der Waals surface area contributed by atoms with Crippen LogP contribution < -0.4 is 21.3 Å². The number of Topliss-reactive ketones (excluding diaryl/α,β-unsaturated/α-hetero) is 1. The summed E-state index contributed by atoms with van der Waals surface area (Å²) < 4.78 is 23.6. The number of aromatic hydroxyl groups is 1. The summed E-state index contributed by atoms with van der Waals surface area (Å²) in [5.41, 5.74) is 6.30. The van der Waals surface area contributed by atoms with E-state index in [1.807, 2.05) is 0 Å². The molecule has 364 valence electrons. The average Bonchev–Trinajstić information content (AvgIpc) is 3.66. The minimum Gasteiger partial charge on any atom is -0.508 e. The largest absolute Gasteiger partial charge is 0.508 e. The van der Waals surface area contributed by atoms with E-state index in [-0.39, 0.29) is 78.1 Å². The maximum absolute atomic E-state index is 13.9. The number of ketones is 1. The first kappa shape index (κ1) is 49.4. The Morgan fingerprint density at radius 3 is 2.40 bits per heavy atom. The van der Waals surface area contributed by atoms with Crippen LogP contribution in [0, 0.1) is 11.8 Å². The molecule has 2 aromatic carbocycles. The molecule has 21 nitrogen and oxygen atoms in total. The molecular weight excluding hydrogens is 891 g/mol. The number of nitrogens with one attached hydrogen (secondary N) is 1. The number of nitrogens with zero attached hydrogens (tertiary/aromatic N) is 3. The summed E-state index contributed by atoms with van der Waals surface area (Å²) in [6.07, 6.45) is -10.9. The Morgan fingerprint density at radius 2 is 1.74 bits per heavy atom. The Hall–Kier alpha value is -6.49. The van der Waals surface area contributed by atoms with Crippen LogP contribution in [-0.4, -0.2) is 118 Å². The molecule has 21 heteroatoms. The molecule has 5 heterocycles. The van der Waals surface area contributed by atoms with Crippen molar-refractivity contribution < 1.29 is 73.6 Å². The molecule has 9 N–H and O–H groups in total. The number of aliphatic hydroxyl groups is 4. The minimum absolute atomic E-state index is 0.0201. The van der Waals surface area contributed by atoms with Crippen molar-refractivity contribution in [3.8, 4) is 22.9 Å². The first-order valence-corrected chi connectivity index (χ1v) is 22.1. The van der Waals surface area contributed by atoms with Crippen molar-refractivity contribution in [1.29, 1.82) is 0 Å². The number of phenolic OH excluding ortho intramolecular Hbond substituents is 1. The van der Waals surface area contributed by atoms with Gasteiger partial charge in [-0.2, -0.15) is 0 Å². The van der Waals surface area contributed by atoms with Gasteiger partial charge in [-0.1, -0.05) is 33.8 Å². The number of carbonyl (C=O) groups is 5. The molecule has 0 aliphatic carbocycles. The molecule has 2 aromatic heterocycles. The summed E-state index contributed by atoms with van der Waals surface area (Å²) in [6.45, 7) is 9.37. The molecule has 4 aromatic rings. The number of phenols is 1. The lowest BCUT2D eigenvalue weighted by Gasteiger charge is -2.38. The number of carboxylic acid groups (broad SMARTS) is 1. The summed E-state index contributed by atoms with van der Waals surface area (Å²) in [5, 5.41) is 66.6. The van der Waals surface area contributed by atoms with Crippen LogP contribution in [0.4, 0.5) is 10.5 Å². The summed E-state index contributed by atoms with van der Waals surface area (Å²) >= 11 is 0. The number of hydrogen-bond donors (Lipinski definition) is 8. The third-order valence-corrected chi connectivity index (χ3v) is 12.7. The first-order chi connectivity index (χ1) is 32.1. The zero-order valence-corrected chi connectivity index (χ0v) is 38.2. The van der Waals surface area contributed by atoms with Gasteiger partial charge in [0.2, 0.25) is 12.2 Å². The molecular formula is C47H55N5O16. The van der Waals surface area contributed by atoms with E-state index in [0.29, 0.717) is 33.4 Å². The van der Waals surface area contributed by atoms with Gasteiger partial charge < -0.3 is 70.1 Å². The van der Waals surface area contributed by atoms with Gasteiger partial charge in [-0.25, -0.2) is 19.4 Å². The van der Waals surface area contributed by atoms with Crippen LogP contribution in [0.1, 0.15) is 82.2 Å². The van der Waals surface area contributed by atoms with Gasteiger partial charge >= 0.3 is 18.0 Å². The number of carbonyl (C=O) groups excluding carboxylic acids is 4. The molecule has 0 spiro atoms. The van der Waals surface area contributed by atoms with Gasteiger partial charge in [-0.3, -0.25) is 14.4 Å². The Kier molecular flexibility index (Phi) is 14.0. The highest BCUT2D eigenvalue weighted by molar-refractivity contribution is 5.97. The highest BCUT2D eigenvalue weighted by Gasteiger charge is 2.49. The third kappa shape index (κ3) is 9.24. The van der Waals surface area contributed by atoms with Gasteiger partial charge in [0.25, 0.3) is 5.56 Å². The number of aromatic nitrogens is 2. The molecule has 3 aliphatic heterocycles. The van der Waals surface area contributed by atoms with Gasteiger partial charge in [-0.15, -0.1) is 0 Å². The van der Waals surface area contributed by atoms with Crippen LogP contribution in [-0.2, 0) is 65.3 Å². The second-order valence-electron chi connectivity index (χ2n) is 18.0. The number of aliphatic carboxylic acids is 1. The van der Waals surface area contributed by atoms with Crippen LogP contribution in [0.15, 0.2) is 47.3 Å². The van der Waals surface area contributed by atoms with Gasteiger partial charge in [-0.05, 0) is 68.1 Å². The van der Waals surface area contributed by atoms with E-state index in [1.165, 1.54) is 40.7 Å². The van der Waals surface area contributed by atoms with E-state index < -0.39 is 90.4 Å². The fourth-order valence-electron chi connectivity index (χ4n) is 8.41. The van der Waals surface area contributed by atoms with E-state index in [9.17, 15) is 59.4 Å². The lowest BCUT2D eigenvalue weighted by molar-refractivity contribution is -0.271. The van der Waals surface area contributed by atoms with Crippen molar-refractivity contribution in [2.24, 2.45) is 17.6 Å². The maximum Gasteiger partial charge on any atom is 0.410 e. The molecule has 2 amide bonds. The molecule has 7 rings (SSSR count). The molecule has 1 saturated heterocycles. The number of pyridine rings is 2. The second-order valence-corrected chi connectivity index (χ2v) is 18.0. The monoisotopic (exact) mass is 945 g/mol. The summed E-state index contributed by atoms with van der Waals surface area (Å²) in [7, 11) is 0. The number of cyclic esters (lactones) is 1. The van der Waals surface area contributed by atoms with Crippen molar-refractivity contribution in [3.05, 3.63) is 80.6 Å². The number of aliphatic hydroxyl groups excluding tert-OH is 3. The SMILES string of the molecule is CC[C@@]1(O)C(=O)OCc2c1cc1n(c2=O)Cc2cc3c(CN(C(=O)OCc4ccc(NC(=O)[C@H](C)CC(=O)[C@@H](N)C(C)C)c(O[C@@H]5O[C@H](C(=O)O)[C@@H](O)[C@H](O)[C@H]5O)c4)C(C)C)c(O)ccc3nc2-1. The van der Waals surface area contributed by atoms with E-state index in [1.54, 1.807) is 52.8 Å². The van der Waals surface area contributed by atoms with Gasteiger partial charge in [0.1, 0.15) is 43.0 Å². The van der Waals surface area contributed by atoms with Crippen molar-refractivity contribution in [1.82, 2.24) is 14.5 Å². The maximum atomic E-state index is 13.9. The molecule has 8 atom stereocenters. The predicted molar refractivity (Wildman–Crippen MR) is 239 cm³/mol. The van der Waals surface area contributed by atoms with E-state index in [2.05, 4.69) is 5.32 Å². The molecule has 1 fully saturated rings. The predicted octanol–water partition coefficient (Wildman–Crippen LogP) is 2.12. The number of amides is 2. The van der Waals surface area contributed by atoms with Gasteiger partial charge in [0, 0.05) is 40.5 Å². The van der Waals surface area contributed by atoms with Crippen molar-refractivity contribution in [2.45, 2.75) is 129 Å². The standard InChI is InChI=1S/C47H55N5O16/c1-7-47(64)28-15-31-36-24(16-52(31)42(59)27(28)19-65-45(47)62)14-25-26(32(53)11-10-29(25)49-36)17-51(21(4)5)46(63)66-18-23-8-9-30(50-41(58)22(6)12-33(54)35(48)20(2)3)34(13-23)67-44-39(57)37(55)38(56)40(68-44)43(60)61/h8-11,13-15,20-22,35,37-40,44,53,55-57,64H,7,12,16-19,48H2,1-6H3,(H,50,58)(H,60,61)/t22-,35+,37+,38+,39-,40+,44-,47+/m1/s1. The Balaban J connectivity index is 1.13. The van der Waals surface area contributed by atoms with E-state index >= 15 is 0 Å². The van der Waals surface area contributed by atoms with Crippen LogP contribution in [0.3, 0.4) is 0 Å². The first-order valence-electron chi connectivity index (χ1n) is 22.1. The number of carboxylic acids is 1. The lowest BCUT2D eigenvalue weighted by Crippen LogP contribution is -2.61. The van der Waals surface area contributed by atoms with Crippen LogP contribution in [0.5, 0.6) is 11.5 Å². The fourth-order valence-corrected chi connectivity index (χ4v) is 8.41. The topological polar surface area (TPSA) is 320 Å². The number of hydrogen-bond acceptors (Lipinski definition) is 17. The zero-order chi connectivity index (χ0) is 49.7. The Labute approximate surface area is 389 Å². The van der Waals surface area contributed by atoms with Crippen LogP contribution in [0.25, 0.3) is 22.3 Å². The number of rotatable bonds is 15. The van der Waals surface area contributed by atoms with Crippen molar-refractivity contribution in [3.63, 3.8) is 0 Å². The number of fused-ring (bicyclic) bond motifs is 5. The quantitative estimate of drug-likeness (QED) is 0.0697. The summed E-state index contributed by atoms with van der Waals surface area (Å²) in [4.78, 5) is 84.4. The molecule has 3 aliphatic rings. The minimum atomic E-state index is -2.01. The highest BCUT2D eigenvalue weighted by Crippen LogP contribution is 2.40. The molecule has 0 bridgehead atoms. The lowest BCUT2D eigenvalue weighted by atomic mass is 9.86. The molecule has 68 heavy (non-hydrogen) atoms. The van der Waals surface area contributed by atoms with E-state index in [4.69, 9.17) is 29.7 Å². The fraction of sp³-hybridized carbons (Fsp3) is 0.468. The number of nitrogens with two attached hydrogens (primary N) is 1. The Morgan fingerprint density at radius 1 is 1.01 bits per heavy atom. The normalized spacial score (nSPS) is 22.7. The third-order valence-electron chi connectivity index (χ3n) is 12.7. The molecule has 0 unspecified atom stereocenters. The summed E-state index contributed by atoms with van der Waals surface area (Å²) in [6, 6.07) is 9.24. The Bertz CT molecular complexity index is 2740. The molecule has 0 radical (unpaired) electrons. The van der Waals surface area contributed by atoms with Gasteiger partial charge in [0.05, 0.1) is 47.3 Å². The number of esters is 1. The van der Waals surface area contributed by atoms with Crippen LogP contribution >= 0.6 is 0 Å². The van der Waals surface area contributed by atoms with E-state index in [0.717, 1.165) is 0 Å². The number of anilines is 1. The zero-order valence-electron chi connectivity index (χ0n) is 38.2. The van der Waals surface area contributed by atoms with Crippen molar-refractivity contribution >= 4 is 46.3 Å². The number of ether oxygens (including phenoxy) is 4. The van der Waals surface area contributed by atoms with Gasteiger partial charge in [0.15, 0.2) is 17.5 Å². The highest BCUT2D eigenvalue weighted by atomic mass is 16.7.